The molecule has 0 aliphatic heterocycles. The third-order valence-corrected chi connectivity index (χ3v) is 2.54. The zero-order chi connectivity index (χ0) is 15.2. The smallest absolute Gasteiger partial charge is 0.407 e. The molecule has 0 bridgehead atoms. The van der Waals surface area contributed by atoms with Gasteiger partial charge in [0, 0.05) is 19.1 Å². The Bertz CT molecular complexity index is 436. The van der Waals surface area contributed by atoms with Crippen molar-refractivity contribution in [2.24, 2.45) is 0 Å². The highest BCUT2D eigenvalue weighted by atomic mass is 16.6. The second kappa shape index (κ2) is 7.29. The van der Waals surface area contributed by atoms with Crippen LogP contribution in [0, 0.1) is 0 Å². The summed E-state index contributed by atoms with van der Waals surface area (Å²) < 4.78 is 5.21. The Morgan fingerprint density at radius 1 is 1.20 bits per heavy atom. The molecule has 0 unspecified atom stereocenters. The summed E-state index contributed by atoms with van der Waals surface area (Å²) in [6, 6.07) is 8.62. The van der Waals surface area contributed by atoms with Crippen molar-refractivity contribution in [3.63, 3.8) is 0 Å². The lowest BCUT2D eigenvalue weighted by molar-refractivity contribution is 0.0523. The van der Waals surface area contributed by atoms with Crippen molar-refractivity contribution < 1.29 is 9.53 Å². The molecule has 0 atom stereocenters. The predicted molar refractivity (Wildman–Crippen MR) is 81.5 cm³/mol. The number of benzene rings is 1. The third-order valence-electron chi connectivity index (χ3n) is 2.54. The minimum Gasteiger partial charge on any atom is -0.444 e. The van der Waals surface area contributed by atoms with Gasteiger partial charge in [-0.3, -0.25) is 0 Å². The lowest BCUT2D eigenvalue weighted by atomic mass is 10.1. The third kappa shape index (κ3) is 7.14. The molecule has 20 heavy (non-hydrogen) atoms. The second-order valence-corrected chi connectivity index (χ2v) is 6.21. The first kappa shape index (κ1) is 16.5. The first-order valence-electron chi connectivity index (χ1n) is 7.04. The molecule has 0 aliphatic carbocycles. The Morgan fingerprint density at radius 2 is 1.80 bits per heavy atom. The largest absolute Gasteiger partial charge is 0.444 e. The van der Waals surface area contributed by atoms with E-state index in [1.165, 1.54) is 5.56 Å². The first-order chi connectivity index (χ1) is 9.26. The zero-order valence-electron chi connectivity index (χ0n) is 13.1. The molecule has 0 saturated carbocycles. The maximum absolute atomic E-state index is 11.6. The molecule has 0 spiro atoms. The number of rotatable bonds is 5. The van der Waals surface area contributed by atoms with E-state index < -0.39 is 5.60 Å². The minimum absolute atomic E-state index is 0.386. The van der Waals surface area contributed by atoms with Gasteiger partial charge >= 0.3 is 6.09 Å². The monoisotopic (exact) mass is 278 g/mol. The molecule has 1 aromatic carbocycles. The van der Waals surface area contributed by atoms with Crippen molar-refractivity contribution in [1.29, 1.82) is 0 Å². The highest BCUT2D eigenvalue weighted by molar-refractivity contribution is 5.67. The molecule has 0 fully saturated rings. The fraction of sp³-hybridized carbons (Fsp3) is 0.562. The van der Waals surface area contributed by atoms with Crippen LogP contribution in [0.5, 0.6) is 0 Å². The molecule has 1 amide bonds. The van der Waals surface area contributed by atoms with Gasteiger partial charge in [0.15, 0.2) is 0 Å². The van der Waals surface area contributed by atoms with Crippen LogP contribution >= 0.6 is 0 Å². The van der Waals surface area contributed by atoms with E-state index in [-0.39, 0.29) is 6.09 Å². The van der Waals surface area contributed by atoms with Crippen molar-refractivity contribution in [3.05, 3.63) is 35.4 Å². The lowest BCUT2D eigenvalue weighted by Crippen LogP contribution is -2.32. The molecular formula is C16H26N2O2. The second-order valence-electron chi connectivity index (χ2n) is 6.21. The van der Waals surface area contributed by atoms with E-state index >= 15 is 0 Å². The number of carbonyl (C=O) groups is 1. The fourth-order valence-electron chi connectivity index (χ4n) is 1.66. The summed E-state index contributed by atoms with van der Waals surface area (Å²) in [5.74, 6) is 0. The standard InChI is InChI=1S/C16H26N2O2/c1-12(2)17-10-13-7-6-8-14(9-13)11-18-15(19)20-16(3,4)5/h6-9,12,17H,10-11H2,1-5H3,(H,18,19). The predicted octanol–water partition coefficient (Wildman–Crippen LogP) is 3.21. The van der Waals surface area contributed by atoms with Gasteiger partial charge in [-0.15, -0.1) is 0 Å². The van der Waals surface area contributed by atoms with Gasteiger partial charge < -0.3 is 15.4 Å². The van der Waals surface area contributed by atoms with Gasteiger partial charge in [0.05, 0.1) is 0 Å². The zero-order valence-corrected chi connectivity index (χ0v) is 13.1. The van der Waals surface area contributed by atoms with E-state index in [2.05, 4.69) is 36.6 Å². The highest BCUT2D eigenvalue weighted by Crippen LogP contribution is 2.08. The van der Waals surface area contributed by atoms with Gasteiger partial charge in [-0.05, 0) is 31.9 Å². The molecular weight excluding hydrogens is 252 g/mol. The van der Waals surface area contributed by atoms with E-state index in [1.54, 1.807) is 0 Å². The quantitative estimate of drug-likeness (QED) is 0.869. The molecule has 4 nitrogen and oxygen atoms in total. The van der Waals surface area contributed by atoms with Crippen LogP contribution in [-0.4, -0.2) is 17.7 Å². The molecule has 0 aliphatic rings. The van der Waals surface area contributed by atoms with E-state index in [0.29, 0.717) is 12.6 Å². The number of ether oxygens (including phenoxy) is 1. The summed E-state index contributed by atoms with van der Waals surface area (Å²) in [4.78, 5) is 11.6. The summed E-state index contributed by atoms with van der Waals surface area (Å²) in [7, 11) is 0. The molecule has 112 valence electrons. The number of amides is 1. The van der Waals surface area contributed by atoms with Crippen LogP contribution in [0.2, 0.25) is 0 Å². The van der Waals surface area contributed by atoms with E-state index in [0.717, 1.165) is 12.1 Å². The summed E-state index contributed by atoms with van der Waals surface area (Å²) in [5, 5.41) is 6.14. The number of hydrogen-bond acceptors (Lipinski definition) is 3. The Kier molecular flexibility index (Phi) is 6.02. The number of carbonyl (C=O) groups excluding carboxylic acids is 1. The maximum atomic E-state index is 11.6. The van der Waals surface area contributed by atoms with Crippen LogP contribution in [0.3, 0.4) is 0 Å². The van der Waals surface area contributed by atoms with Gasteiger partial charge in [-0.2, -0.15) is 0 Å². The van der Waals surface area contributed by atoms with Crippen molar-refractivity contribution >= 4 is 6.09 Å². The van der Waals surface area contributed by atoms with E-state index in [1.807, 2.05) is 32.9 Å². The Morgan fingerprint density at radius 3 is 2.35 bits per heavy atom. The van der Waals surface area contributed by atoms with Crippen molar-refractivity contribution in [3.8, 4) is 0 Å². The average Bonchev–Trinajstić information content (AvgIpc) is 2.32. The van der Waals surface area contributed by atoms with Gasteiger partial charge in [0.25, 0.3) is 0 Å². The van der Waals surface area contributed by atoms with Crippen LogP contribution < -0.4 is 10.6 Å². The van der Waals surface area contributed by atoms with Gasteiger partial charge in [-0.1, -0.05) is 38.1 Å². The topological polar surface area (TPSA) is 50.4 Å². The van der Waals surface area contributed by atoms with Crippen LogP contribution in [0.15, 0.2) is 24.3 Å². The number of alkyl carbamates (subject to hydrolysis) is 1. The Labute approximate surface area is 121 Å². The van der Waals surface area contributed by atoms with Gasteiger partial charge in [0.1, 0.15) is 5.60 Å². The maximum Gasteiger partial charge on any atom is 0.407 e. The molecule has 0 radical (unpaired) electrons. The molecule has 0 aromatic heterocycles. The van der Waals surface area contributed by atoms with Crippen LogP contribution in [0.1, 0.15) is 45.7 Å². The Hall–Kier alpha value is -1.55. The van der Waals surface area contributed by atoms with Crippen LogP contribution in [0.25, 0.3) is 0 Å². The van der Waals surface area contributed by atoms with Crippen molar-refractivity contribution in [2.75, 3.05) is 0 Å². The molecule has 4 heteroatoms. The first-order valence-corrected chi connectivity index (χ1v) is 7.04. The van der Waals surface area contributed by atoms with Gasteiger partial charge in [-0.25, -0.2) is 4.79 Å². The Balaban J connectivity index is 2.48. The minimum atomic E-state index is -0.465. The number of nitrogens with one attached hydrogen (secondary N) is 2. The SMILES string of the molecule is CC(C)NCc1cccc(CNC(=O)OC(C)(C)C)c1. The average molecular weight is 278 g/mol. The summed E-state index contributed by atoms with van der Waals surface area (Å²) in [6.07, 6.45) is -0.386. The fourth-order valence-corrected chi connectivity index (χ4v) is 1.66. The van der Waals surface area contributed by atoms with Crippen LogP contribution in [0.4, 0.5) is 4.79 Å². The van der Waals surface area contributed by atoms with Crippen LogP contribution in [-0.2, 0) is 17.8 Å². The molecule has 2 N–H and O–H groups in total. The van der Waals surface area contributed by atoms with Gasteiger partial charge in [0.2, 0.25) is 0 Å². The van der Waals surface area contributed by atoms with Crippen molar-refractivity contribution in [1.82, 2.24) is 10.6 Å². The molecule has 0 saturated heterocycles. The molecule has 1 rings (SSSR count). The molecule has 1 aromatic rings. The summed E-state index contributed by atoms with van der Waals surface area (Å²) in [5.41, 5.74) is 1.81. The lowest BCUT2D eigenvalue weighted by Gasteiger charge is -2.19. The molecule has 0 heterocycles. The highest BCUT2D eigenvalue weighted by Gasteiger charge is 2.15. The van der Waals surface area contributed by atoms with Crippen molar-refractivity contribution in [2.45, 2.75) is 59.4 Å². The summed E-state index contributed by atoms with van der Waals surface area (Å²) in [6.45, 7) is 11.1. The summed E-state index contributed by atoms with van der Waals surface area (Å²) >= 11 is 0. The van der Waals surface area contributed by atoms with E-state index in [4.69, 9.17) is 4.74 Å². The normalized spacial score (nSPS) is 11.5. The van der Waals surface area contributed by atoms with E-state index in [9.17, 15) is 4.79 Å². The number of hydrogen-bond donors (Lipinski definition) is 2.